The molecule has 2 aromatic heterocycles. The number of aromatic amines is 1. The second kappa shape index (κ2) is 3.48. The molecule has 0 amide bonds. The molecule has 3 aromatic rings. The summed E-state index contributed by atoms with van der Waals surface area (Å²) in [5.41, 5.74) is 1.32. The van der Waals surface area contributed by atoms with E-state index in [9.17, 15) is 9.90 Å². The average Bonchev–Trinajstić information content (AvgIpc) is 2.94. The number of carbonyl (C=O) groups is 1. The first-order valence-corrected chi connectivity index (χ1v) is 4.99. The summed E-state index contributed by atoms with van der Waals surface area (Å²) >= 11 is 0. The number of fused-ring (bicyclic) bond motifs is 1. The van der Waals surface area contributed by atoms with Gasteiger partial charge < -0.3 is 9.52 Å². The molecule has 0 saturated carbocycles. The van der Waals surface area contributed by atoms with Crippen molar-refractivity contribution >= 4 is 17.2 Å². The van der Waals surface area contributed by atoms with E-state index in [2.05, 4.69) is 10.2 Å². The van der Waals surface area contributed by atoms with Crippen LogP contribution in [0, 0.1) is 0 Å². The Balaban J connectivity index is 2.21. The van der Waals surface area contributed by atoms with Crippen LogP contribution in [-0.2, 0) is 0 Å². The molecular formula is C12H8N2O3. The van der Waals surface area contributed by atoms with Crippen molar-refractivity contribution < 1.29 is 14.3 Å². The normalized spacial score (nSPS) is 10.8. The van der Waals surface area contributed by atoms with E-state index < -0.39 is 0 Å². The third-order valence-electron chi connectivity index (χ3n) is 2.56. The SMILES string of the molecule is O=Cc1ccc(-c2cc3[nH]ncc3cc2O)o1. The number of aromatic nitrogens is 2. The fraction of sp³-hybridized carbons (Fsp3) is 0. The van der Waals surface area contributed by atoms with Crippen LogP contribution in [0.4, 0.5) is 0 Å². The van der Waals surface area contributed by atoms with Crippen molar-refractivity contribution in [3.8, 4) is 17.1 Å². The van der Waals surface area contributed by atoms with Gasteiger partial charge in [0.2, 0.25) is 0 Å². The Morgan fingerprint density at radius 2 is 2.24 bits per heavy atom. The molecule has 0 aliphatic carbocycles. The molecule has 2 N–H and O–H groups in total. The lowest BCUT2D eigenvalue weighted by Crippen LogP contribution is -1.78. The number of H-pyrrole nitrogens is 1. The molecule has 0 unspecified atom stereocenters. The summed E-state index contributed by atoms with van der Waals surface area (Å²) in [7, 11) is 0. The molecule has 0 atom stereocenters. The van der Waals surface area contributed by atoms with Crippen molar-refractivity contribution in [1.29, 1.82) is 0 Å². The monoisotopic (exact) mass is 228 g/mol. The molecule has 84 valence electrons. The number of aromatic hydroxyl groups is 1. The Bertz CT molecular complexity index is 697. The quantitative estimate of drug-likeness (QED) is 0.660. The highest BCUT2D eigenvalue weighted by atomic mass is 16.3. The van der Waals surface area contributed by atoms with Crippen LogP contribution in [0.1, 0.15) is 10.6 Å². The molecular weight excluding hydrogens is 220 g/mol. The number of hydrogen-bond acceptors (Lipinski definition) is 4. The summed E-state index contributed by atoms with van der Waals surface area (Å²) in [5, 5.41) is 17.4. The number of carbonyl (C=O) groups excluding carboxylic acids is 1. The lowest BCUT2D eigenvalue weighted by molar-refractivity contribution is 0.110. The molecule has 0 spiro atoms. The van der Waals surface area contributed by atoms with Crippen LogP contribution in [0.3, 0.4) is 0 Å². The lowest BCUT2D eigenvalue weighted by atomic mass is 10.1. The number of benzene rings is 1. The van der Waals surface area contributed by atoms with Crippen molar-refractivity contribution in [3.63, 3.8) is 0 Å². The first-order chi connectivity index (χ1) is 8.28. The molecule has 5 nitrogen and oxygen atoms in total. The van der Waals surface area contributed by atoms with Crippen LogP contribution in [0.15, 0.2) is 34.9 Å². The van der Waals surface area contributed by atoms with Crippen molar-refractivity contribution in [2.75, 3.05) is 0 Å². The standard InChI is InChI=1S/C12H8N2O3/c15-6-8-1-2-12(17-8)9-4-10-7(3-11(9)16)5-13-14-10/h1-6,16H,(H,13,14). The summed E-state index contributed by atoms with van der Waals surface area (Å²) < 4.78 is 5.26. The number of furan rings is 1. The predicted octanol–water partition coefficient (Wildman–Crippen LogP) is 2.34. The van der Waals surface area contributed by atoms with Gasteiger partial charge in [-0.3, -0.25) is 9.89 Å². The first kappa shape index (κ1) is 9.65. The second-order valence-electron chi connectivity index (χ2n) is 3.65. The molecule has 0 bridgehead atoms. The van der Waals surface area contributed by atoms with E-state index in [1.54, 1.807) is 30.5 Å². The van der Waals surface area contributed by atoms with Gasteiger partial charge in [0.05, 0.1) is 17.3 Å². The van der Waals surface area contributed by atoms with Crippen molar-refractivity contribution in [1.82, 2.24) is 10.2 Å². The van der Waals surface area contributed by atoms with Gasteiger partial charge in [-0.2, -0.15) is 5.10 Å². The molecule has 0 aliphatic rings. The maximum absolute atomic E-state index is 10.5. The van der Waals surface area contributed by atoms with Crippen molar-refractivity contribution in [2.45, 2.75) is 0 Å². The molecule has 0 saturated heterocycles. The third-order valence-corrected chi connectivity index (χ3v) is 2.56. The maximum Gasteiger partial charge on any atom is 0.185 e. The molecule has 3 rings (SSSR count). The zero-order valence-electron chi connectivity index (χ0n) is 8.68. The zero-order chi connectivity index (χ0) is 11.8. The van der Waals surface area contributed by atoms with Crippen molar-refractivity contribution in [2.24, 2.45) is 0 Å². The molecule has 1 aromatic carbocycles. The van der Waals surface area contributed by atoms with Gasteiger partial charge in [-0.15, -0.1) is 0 Å². The number of rotatable bonds is 2. The highest BCUT2D eigenvalue weighted by Gasteiger charge is 2.11. The van der Waals surface area contributed by atoms with E-state index in [0.29, 0.717) is 17.6 Å². The molecule has 0 aliphatic heterocycles. The minimum Gasteiger partial charge on any atom is -0.507 e. The maximum atomic E-state index is 10.5. The first-order valence-electron chi connectivity index (χ1n) is 4.99. The fourth-order valence-corrected chi connectivity index (χ4v) is 1.74. The highest BCUT2D eigenvalue weighted by molar-refractivity contribution is 5.87. The molecule has 0 radical (unpaired) electrons. The van der Waals surface area contributed by atoms with Gasteiger partial charge >= 0.3 is 0 Å². The minimum absolute atomic E-state index is 0.0886. The van der Waals surface area contributed by atoms with Crippen LogP contribution < -0.4 is 0 Å². The predicted molar refractivity (Wildman–Crippen MR) is 60.8 cm³/mol. The zero-order valence-corrected chi connectivity index (χ0v) is 8.68. The second-order valence-corrected chi connectivity index (χ2v) is 3.65. The Labute approximate surface area is 95.7 Å². The minimum atomic E-state index is 0.0886. The highest BCUT2D eigenvalue weighted by Crippen LogP contribution is 2.33. The van der Waals surface area contributed by atoms with E-state index in [-0.39, 0.29) is 11.5 Å². The van der Waals surface area contributed by atoms with Crippen LogP contribution in [-0.4, -0.2) is 21.6 Å². The number of phenolic OH excluding ortho intramolecular Hbond substituents is 1. The number of phenols is 1. The number of aldehydes is 1. The Morgan fingerprint density at radius 3 is 3.00 bits per heavy atom. The number of hydrogen-bond donors (Lipinski definition) is 2. The summed E-state index contributed by atoms with van der Waals surface area (Å²) in [6.45, 7) is 0. The topological polar surface area (TPSA) is 79.1 Å². The summed E-state index contributed by atoms with van der Waals surface area (Å²) in [6, 6.07) is 6.52. The molecule has 17 heavy (non-hydrogen) atoms. The number of nitrogens with one attached hydrogen (secondary N) is 1. The summed E-state index contributed by atoms with van der Waals surface area (Å²) in [5.74, 6) is 0.760. The van der Waals surface area contributed by atoms with Gasteiger partial charge in [-0.25, -0.2) is 0 Å². The van der Waals surface area contributed by atoms with E-state index in [4.69, 9.17) is 4.42 Å². The van der Waals surface area contributed by atoms with Gasteiger partial charge in [0.15, 0.2) is 12.0 Å². The largest absolute Gasteiger partial charge is 0.507 e. The van der Waals surface area contributed by atoms with Crippen LogP contribution in [0.25, 0.3) is 22.2 Å². The number of nitrogens with zero attached hydrogens (tertiary/aromatic N) is 1. The van der Waals surface area contributed by atoms with E-state index in [1.807, 2.05) is 0 Å². The Hall–Kier alpha value is -2.56. The molecule has 5 heteroatoms. The van der Waals surface area contributed by atoms with Crippen LogP contribution in [0.5, 0.6) is 5.75 Å². The van der Waals surface area contributed by atoms with E-state index in [1.165, 1.54) is 0 Å². The lowest BCUT2D eigenvalue weighted by Gasteiger charge is -2.01. The Morgan fingerprint density at radius 1 is 1.35 bits per heavy atom. The van der Waals surface area contributed by atoms with Gasteiger partial charge in [0, 0.05) is 5.39 Å². The van der Waals surface area contributed by atoms with Gasteiger partial charge in [0.1, 0.15) is 11.5 Å². The van der Waals surface area contributed by atoms with E-state index >= 15 is 0 Å². The summed E-state index contributed by atoms with van der Waals surface area (Å²) in [4.78, 5) is 10.5. The summed E-state index contributed by atoms with van der Waals surface area (Å²) in [6.07, 6.45) is 2.24. The average molecular weight is 228 g/mol. The van der Waals surface area contributed by atoms with E-state index in [0.717, 1.165) is 10.9 Å². The van der Waals surface area contributed by atoms with Crippen molar-refractivity contribution in [3.05, 3.63) is 36.2 Å². The fourth-order valence-electron chi connectivity index (χ4n) is 1.74. The van der Waals surface area contributed by atoms with Gasteiger partial charge in [-0.1, -0.05) is 0 Å². The Kier molecular flexibility index (Phi) is 1.98. The van der Waals surface area contributed by atoms with Gasteiger partial charge in [-0.05, 0) is 24.3 Å². The van der Waals surface area contributed by atoms with Crippen LogP contribution >= 0.6 is 0 Å². The molecule has 2 heterocycles. The van der Waals surface area contributed by atoms with Crippen LogP contribution in [0.2, 0.25) is 0 Å². The third kappa shape index (κ3) is 1.48. The smallest absolute Gasteiger partial charge is 0.185 e. The molecule has 0 fully saturated rings. The van der Waals surface area contributed by atoms with Gasteiger partial charge in [0.25, 0.3) is 0 Å².